The molecule has 0 atom stereocenters. The van der Waals surface area contributed by atoms with E-state index in [9.17, 15) is 0 Å². The Morgan fingerprint density at radius 1 is 0.562 bits per heavy atom. The maximum atomic E-state index is 6.49. The van der Waals surface area contributed by atoms with Crippen LogP contribution in [0.25, 0.3) is 0 Å². The van der Waals surface area contributed by atoms with Crippen molar-refractivity contribution in [1.29, 1.82) is 0 Å². The first-order valence-corrected chi connectivity index (χ1v) is 15.5. The van der Waals surface area contributed by atoms with Gasteiger partial charge in [-0.25, -0.2) is 9.98 Å². The van der Waals surface area contributed by atoms with Crippen LogP contribution in [0.3, 0.4) is 0 Å². The maximum Gasteiger partial charge on any atom is 0.221 e. The average molecular weight is 801 g/mol. The quantitative estimate of drug-likeness (QED) is 0.117. The van der Waals surface area contributed by atoms with Crippen molar-refractivity contribution in [3.8, 4) is 0 Å². The van der Waals surface area contributed by atoms with Gasteiger partial charge in [0.05, 0.1) is 0 Å². The number of nitrogens with zero attached hydrogens (tertiary/aromatic N) is 6. The largest absolute Gasteiger partial charge is 0.369 e. The van der Waals surface area contributed by atoms with Crippen LogP contribution in [0.4, 0.5) is 11.4 Å². The van der Waals surface area contributed by atoms with Crippen LogP contribution in [0, 0.1) is 23.0 Å². The standard InChI is InChI=1S/C36H50N10.2Y/c1-35(2,3)21-23-45(33(39)43-31(37)41-29-13-9-7-10-14-29)25-27-17-19-28(20-18-27)26-46(24-22-36(4,5)6)34(40)44-32(38)42-30-15-11-8-12-16-30;;/h9-20H,21-26H2,1-6H3,(H4,37,39,41,43)(H4,38,40,42,44);;/q-2;;. The van der Waals surface area contributed by atoms with Crippen LogP contribution in [-0.2, 0) is 78.5 Å². The molecule has 0 aliphatic heterocycles. The average Bonchev–Trinajstić information content (AvgIpc) is 2.98. The Balaban J connectivity index is 0.00000576. The van der Waals surface area contributed by atoms with Gasteiger partial charge in [0.25, 0.3) is 0 Å². The number of rotatable bonds is 10. The Morgan fingerprint density at radius 2 is 0.875 bits per heavy atom. The summed E-state index contributed by atoms with van der Waals surface area (Å²) in [5, 5.41) is 0. The molecule has 0 amide bonds. The molecule has 3 rings (SSSR count). The van der Waals surface area contributed by atoms with Crippen molar-refractivity contribution < 1.29 is 65.4 Å². The normalized spacial score (nSPS) is 13.0. The number of nitrogens with two attached hydrogens (primary N) is 4. The van der Waals surface area contributed by atoms with Gasteiger partial charge in [-0.1, -0.05) is 65.8 Å². The number of hydrogen-bond donors (Lipinski definition) is 4. The van der Waals surface area contributed by atoms with Crippen molar-refractivity contribution in [2.75, 3.05) is 13.1 Å². The first-order chi connectivity index (χ1) is 21.7. The third kappa shape index (κ3) is 17.1. The predicted octanol–water partition coefficient (Wildman–Crippen LogP) is 5.68. The van der Waals surface area contributed by atoms with Gasteiger partial charge in [-0.3, -0.25) is 0 Å². The number of guanidine groups is 4. The monoisotopic (exact) mass is 800 g/mol. The van der Waals surface area contributed by atoms with Gasteiger partial charge in [0.2, 0.25) is 11.9 Å². The SMILES string of the molecule is CC(C)(C)CCN(Cc1ccc(CN(CCC(C)(C)C)/C(N)=N/C(N)=Nc2cc[c-]cc2)cc1)/C(N)=N/C(N)=Nc1cc[c-]cc1.[Y].[Y]. The molecule has 0 bridgehead atoms. The van der Waals surface area contributed by atoms with E-state index in [0.717, 1.165) is 24.0 Å². The van der Waals surface area contributed by atoms with Gasteiger partial charge in [-0.2, -0.15) is 46.4 Å². The Morgan fingerprint density at radius 3 is 1.17 bits per heavy atom. The van der Waals surface area contributed by atoms with Crippen molar-refractivity contribution in [3.05, 3.63) is 96.1 Å². The maximum absolute atomic E-state index is 6.49. The van der Waals surface area contributed by atoms with Crippen LogP contribution in [-0.4, -0.2) is 46.7 Å². The number of hydrogen-bond acceptors (Lipinski definition) is 2. The van der Waals surface area contributed by atoms with E-state index in [1.165, 1.54) is 0 Å². The van der Waals surface area contributed by atoms with Gasteiger partial charge < -0.3 is 32.7 Å². The van der Waals surface area contributed by atoms with E-state index in [2.05, 4.69) is 97.9 Å². The van der Waals surface area contributed by atoms with E-state index < -0.39 is 0 Å². The topological polar surface area (TPSA) is 160 Å². The molecule has 10 nitrogen and oxygen atoms in total. The molecule has 3 aromatic rings. The molecule has 0 heterocycles. The van der Waals surface area contributed by atoms with E-state index in [1.807, 2.05) is 34.1 Å². The molecule has 0 spiro atoms. The second-order valence-electron chi connectivity index (χ2n) is 13.7. The third-order valence-electron chi connectivity index (χ3n) is 7.03. The van der Waals surface area contributed by atoms with Crippen LogP contribution >= 0.6 is 0 Å². The minimum absolute atomic E-state index is 0. The van der Waals surface area contributed by atoms with Crippen molar-refractivity contribution >= 4 is 35.2 Å². The molecular weight excluding hydrogens is 750 g/mol. The summed E-state index contributed by atoms with van der Waals surface area (Å²) < 4.78 is 0. The molecule has 8 N–H and O–H groups in total. The molecule has 2 radical (unpaired) electrons. The van der Waals surface area contributed by atoms with E-state index in [0.29, 0.717) is 49.5 Å². The fourth-order valence-electron chi connectivity index (χ4n) is 4.28. The minimum atomic E-state index is 0. The van der Waals surface area contributed by atoms with Gasteiger partial charge >= 0.3 is 0 Å². The van der Waals surface area contributed by atoms with Crippen LogP contribution in [0.15, 0.2) is 92.8 Å². The molecule has 252 valence electrons. The Bertz CT molecular complexity index is 1380. The summed E-state index contributed by atoms with van der Waals surface area (Å²) in [5.74, 6) is 0.842. The number of benzene rings is 3. The molecule has 0 fully saturated rings. The zero-order valence-corrected chi connectivity index (χ0v) is 35.0. The molecule has 0 saturated heterocycles. The zero-order valence-electron chi connectivity index (χ0n) is 29.3. The minimum Gasteiger partial charge on any atom is -0.369 e. The summed E-state index contributed by atoms with van der Waals surface area (Å²) in [6.07, 6.45) is 1.84. The Hall–Kier alpha value is -2.65. The fraction of sp³-hybridized carbons (Fsp3) is 0.389. The summed E-state index contributed by atoms with van der Waals surface area (Å²) in [7, 11) is 0. The summed E-state index contributed by atoms with van der Waals surface area (Å²) in [6, 6.07) is 28.7. The zero-order chi connectivity index (χ0) is 33.7. The predicted molar refractivity (Wildman–Crippen MR) is 192 cm³/mol. The molecule has 3 aromatic carbocycles. The van der Waals surface area contributed by atoms with E-state index in [-0.39, 0.29) is 88.2 Å². The molecule has 48 heavy (non-hydrogen) atoms. The van der Waals surface area contributed by atoms with E-state index in [4.69, 9.17) is 22.9 Å². The molecule has 12 heteroatoms. The van der Waals surface area contributed by atoms with Crippen molar-refractivity contribution in [2.24, 2.45) is 53.7 Å². The van der Waals surface area contributed by atoms with Gasteiger partial charge in [0.15, 0.2) is 11.9 Å². The van der Waals surface area contributed by atoms with Crippen LogP contribution < -0.4 is 22.9 Å². The molecule has 0 unspecified atom stereocenters. The fourth-order valence-corrected chi connectivity index (χ4v) is 4.28. The second kappa shape index (κ2) is 20.8. The molecule has 0 aliphatic carbocycles. The van der Waals surface area contributed by atoms with Crippen LogP contribution in [0.2, 0.25) is 0 Å². The van der Waals surface area contributed by atoms with Gasteiger partial charge in [0.1, 0.15) is 0 Å². The summed E-state index contributed by atoms with van der Waals surface area (Å²) in [5.41, 5.74) is 29.0. The first kappa shape index (κ1) is 43.4. The van der Waals surface area contributed by atoms with Crippen LogP contribution in [0.5, 0.6) is 0 Å². The Labute approximate surface area is 337 Å². The smallest absolute Gasteiger partial charge is 0.221 e. The molecule has 0 aliphatic rings. The van der Waals surface area contributed by atoms with Gasteiger partial charge in [-0.15, -0.1) is 24.3 Å². The Kier molecular flexibility index (Phi) is 18.8. The van der Waals surface area contributed by atoms with Crippen LogP contribution in [0.1, 0.15) is 65.5 Å². The van der Waals surface area contributed by atoms with Crippen molar-refractivity contribution in [1.82, 2.24) is 9.80 Å². The van der Waals surface area contributed by atoms with Crippen molar-refractivity contribution in [2.45, 2.75) is 67.5 Å². The van der Waals surface area contributed by atoms with E-state index in [1.54, 1.807) is 24.3 Å². The molecule has 0 aromatic heterocycles. The van der Waals surface area contributed by atoms with E-state index >= 15 is 0 Å². The summed E-state index contributed by atoms with van der Waals surface area (Å²) in [6.45, 7) is 15.8. The first-order valence-electron chi connectivity index (χ1n) is 15.5. The molecular formula is C36H50N10Y2-2. The molecule has 0 saturated carbocycles. The second-order valence-corrected chi connectivity index (χ2v) is 13.7. The van der Waals surface area contributed by atoms with Crippen molar-refractivity contribution in [3.63, 3.8) is 0 Å². The van der Waals surface area contributed by atoms with Gasteiger partial charge in [0, 0.05) is 91.6 Å². The van der Waals surface area contributed by atoms with Gasteiger partial charge in [-0.05, 0) is 46.2 Å². The summed E-state index contributed by atoms with van der Waals surface area (Å²) in [4.78, 5) is 21.6. The third-order valence-corrected chi connectivity index (χ3v) is 7.03. The number of aliphatic imine (C=N–C) groups is 4. The summed E-state index contributed by atoms with van der Waals surface area (Å²) >= 11 is 0.